The molecule has 4 nitrogen and oxygen atoms in total. The van der Waals surface area contributed by atoms with Gasteiger partial charge in [0.15, 0.2) is 17.5 Å². The van der Waals surface area contributed by atoms with Crippen molar-refractivity contribution < 1.29 is 4.42 Å². The molecular weight excluding hydrogens is 727 g/mol. The third-order valence-electron chi connectivity index (χ3n) is 11.3. The number of benzene rings is 9. The van der Waals surface area contributed by atoms with Crippen LogP contribution < -0.4 is 0 Å². The molecule has 58 heavy (non-hydrogen) atoms. The Balaban J connectivity index is 1.06. The summed E-state index contributed by atoms with van der Waals surface area (Å²) >= 11 is 1.86. The Morgan fingerprint density at radius 1 is 0.362 bits per heavy atom. The molecular formula is C53H31N3OS. The van der Waals surface area contributed by atoms with E-state index in [9.17, 15) is 0 Å². The number of rotatable bonds is 5. The molecule has 0 aliphatic heterocycles. The normalized spacial score (nSPS) is 11.8. The van der Waals surface area contributed by atoms with Crippen LogP contribution in [0.15, 0.2) is 192 Å². The van der Waals surface area contributed by atoms with E-state index >= 15 is 0 Å². The van der Waals surface area contributed by atoms with Crippen molar-refractivity contribution >= 4 is 75.0 Å². The van der Waals surface area contributed by atoms with Crippen molar-refractivity contribution in [3.63, 3.8) is 0 Å². The Morgan fingerprint density at radius 3 is 1.84 bits per heavy atom. The van der Waals surface area contributed by atoms with Crippen LogP contribution in [0.1, 0.15) is 0 Å². The molecule has 12 aromatic rings. The van der Waals surface area contributed by atoms with Crippen LogP contribution in [0.4, 0.5) is 0 Å². The SMILES string of the molecule is c1ccc(-c2ccc(-c3nc(-c4ccc5ccccc5c4)nc(-c4ccc(-c5ccc6sc7c8ccccc8ccc7c6c5)c5oc6ccccc6c45)n3)cc2)cc1. The Morgan fingerprint density at radius 2 is 0.983 bits per heavy atom. The highest BCUT2D eigenvalue weighted by atomic mass is 32.1. The van der Waals surface area contributed by atoms with Crippen molar-refractivity contribution in [2.45, 2.75) is 0 Å². The standard InChI is InChI=1S/C53H31N3OS/c1-2-10-32(11-3-1)34-18-21-36(22-19-34)51-54-52(39-23-20-33-12-4-5-14-37(33)30-39)56-53(55-51)44-28-27-40(49-48(44)43-16-8-9-17-46(43)57-49)38-25-29-47-45(31-38)42-26-24-35-13-6-7-15-41(35)50(42)58-47/h1-31H. The molecule has 270 valence electrons. The summed E-state index contributed by atoms with van der Waals surface area (Å²) < 4.78 is 9.39. The second-order valence-electron chi connectivity index (χ2n) is 14.8. The first-order chi connectivity index (χ1) is 28.7. The third-order valence-corrected chi connectivity index (χ3v) is 12.6. The average molecular weight is 758 g/mol. The van der Waals surface area contributed by atoms with E-state index < -0.39 is 0 Å². The highest BCUT2D eigenvalue weighted by molar-refractivity contribution is 7.26. The van der Waals surface area contributed by atoms with E-state index in [0.29, 0.717) is 17.5 Å². The van der Waals surface area contributed by atoms with E-state index in [1.165, 1.54) is 36.3 Å². The molecule has 0 radical (unpaired) electrons. The lowest BCUT2D eigenvalue weighted by molar-refractivity contribution is 0.670. The summed E-state index contributed by atoms with van der Waals surface area (Å²) in [5.41, 5.74) is 8.79. The molecule has 9 aromatic carbocycles. The van der Waals surface area contributed by atoms with Gasteiger partial charge in [0, 0.05) is 53.2 Å². The van der Waals surface area contributed by atoms with Gasteiger partial charge in [0.2, 0.25) is 0 Å². The molecule has 3 aromatic heterocycles. The minimum absolute atomic E-state index is 0.592. The maximum Gasteiger partial charge on any atom is 0.164 e. The Kier molecular flexibility index (Phi) is 7.37. The van der Waals surface area contributed by atoms with E-state index in [0.717, 1.165) is 66.3 Å². The predicted octanol–water partition coefficient (Wildman–Crippen LogP) is 14.8. The molecule has 0 bridgehead atoms. The van der Waals surface area contributed by atoms with Crippen molar-refractivity contribution in [2.75, 3.05) is 0 Å². The number of hydrogen-bond donors (Lipinski definition) is 0. The quantitative estimate of drug-likeness (QED) is 0.175. The average Bonchev–Trinajstić information content (AvgIpc) is 3.88. The van der Waals surface area contributed by atoms with Gasteiger partial charge in [0.1, 0.15) is 11.2 Å². The summed E-state index contributed by atoms with van der Waals surface area (Å²) in [5, 5.41) is 9.37. The van der Waals surface area contributed by atoms with Crippen LogP contribution in [0, 0.1) is 0 Å². The molecule has 5 heteroatoms. The molecule has 0 atom stereocenters. The zero-order valence-electron chi connectivity index (χ0n) is 31.1. The van der Waals surface area contributed by atoms with Crippen molar-refractivity contribution in [3.05, 3.63) is 188 Å². The van der Waals surface area contributed by atoms with Gasteiger partial charge in [0.05, 0.1) is 0 Å². The summed E-state index contributed by atoms with van der Waals surface area (Å²) in [6.45, 7) is 0. The molecule has 0 amide bonds. The topological polar surface area (TPSA) is 51.8 Å². The lowest BCUT2D eigenvalue weighted by atomic mass is 9.96. The van der Waals surface area contributed by atoms with Crippen molar-refractivity contribution in [1.82, 2.24) is 15.0 Å². The third kappa shape index (κ3) is 5.32. The van der Waals surface area contributed by atoms with Gasteiger partial charge in [-0.25, -0.2) is 15.0 Å². The minimum Gasteiger partial charge on any atom is -0.455 e. The highest BCUT2D eigenvalue weighted by Crippen LogP contribution is 2.44. The predicted molar refractivity (Wildman–Crippen MR) is 242 cm³/mol. The van der Waals surface area contributed by atoms with Gasteiger partial charge < -0.3 is 4.42 Å². The number of fused-ring (bicyclic) bond motifs is 9. The monoisotopic (exact) mass is 757 g/mol. The smallest absolute Gasteiger partial charge is 0.164 e. The van der Waals surface area contributed by atoms with Gasteiger partial charge in [0.25, 0.3) is 0 Å². The molecule has 3 heterocycles. The van der Waals surface area contributed by atoms with Gasteiger partial charge in [-0.05, 0) is 74.6 Å². The highest BCUT2D eigenvalue weighted by Gasteiger charge is 2.21. The summed E-state index contributed by atoms with van der Waals surface area (Å²) in [4.78, 5) is 15.6. The van der Waals surface area contributed by atoms with E-state index in [1.54, 1.807) is 0 Å². The number of thiophene rings is 1. The van der Waals surface area contributed by atoms with Gasteiger partial charge in [-0.3, -0.25) is 0 Å². The van der Waals surface area contributed by atoms with Gasteiger partial charge in [-0.15, -0.1) is 11.3 Å². The van der Waals surface area contributed by atoms with Gasteiger partial charge in [-0.1, -0.05) is 152 Å². The summed E-state index contributed by atoms with van der Waals surface area (Å²) in [5.74, 6) is 1.82. The number of nitrogens with zero attached hydrogens (tertiary/aromatic N) is 3. The minimum atomic E-state index is 0.592. The lowest BCUT2D eigenvalue weighted by Crippen LogP contribution is -2.00. The van der Waals surface area contributed by atoms with E-state index in [2.05, 4.69) is 170 Å². The van der Waals surface area contributed by atoms with Crippen LogP contribution >= 0.6 is 11.3 Å². The molecule has 0 N–H and O–H groups in total. The first kappa shape index (κ1) is 32.7. The molecule has 12 rings (SSSR count). The molecule has 0 saturated heterocycles. The number of para-hydroxylation sites is 1. The Labute approximate surface area is 337 Å². The fraction of sp³-hybridized carbons (Fsp3) is 0. The number of furan rings is 1. The van der Waals surface area contributed by atoms with Gasteiger partial charge >= 0.3 is 0 Å². The van der Waals surface area contributed by atoms with E-state index in [1.807, 2.05) is 29.5 Å². The maximum atomic E-state index is 6.80. The van der Waals surface area contributed by atoms with Crippen molar-refractivity contribution in [2.24, 2.45) is 0 Å². The first-order valence-corrected chi connectivity index (χ1v) is 20.2. The Hall–Kier alpha value is -7.47. The van der Waals surface area contributed by atoms with Crippen LogP contribution in [0.2, 0.25) is 0 Å². The summed E-state index contributed by atoms with van der Waals surface area (Å²) in [6.07, 6.45) is 0. The van der Waals surface area contributed by atoms with Crippen LogP contribution in [-0.2, 0) is 0 Å². The van der Waals surface area contributed by atoms with E-state index in [-0.39, 0.29) is 0 Å². The second kappa shape index (κ2) is 13.1. The van der Waals surface area contributed by atoms with E-state index in [4.69, 9.17) is 19.4 Å². The van der Waals surface area contributed by atoms with Crippen LogP contribution in [0.3, 0.4) is 0 Å². The zero-order valence-corrected chi connectivity index (χ0v) is 31.9. The number of aromatic nitrogens is 3. The van der Waals surface area contributed by atoms with Crippen LogP contribution in [0.5, 0.6) is 0 Å². The van der Waals surface area contributed by atoms with Crippen molar-refractivity contribution in [1.29, 1.82) is 0 Å². The molecule has 0 unspecified atom stereocenters. The molecule has 0 aliphatic rings. The van der Waals surface area contributed by atoms with Gasteiger partial charge in [-0.2, -0.15) is 0 Å². The lowest BCUT2D eigenvalue weighted by Gasteiger charge is -2.12. The molecule has 0 spiro atoms. The van der Waals surface area contributed by atoms with Crippen LogP contribution in [-0.4, -0.2) is 15.0 Å². The first-order valence-electron chi connectivity index (χ1n) is 19.4. The maximum absolute atomic E-state index is 6.80. The fourth-order valence-electron chi connectivity index (χ4n) is 8.44. The zero-order chi connectivity index (χ0) is 38.2. The molecule has 0 aliphatic carbocycles. The largest absolute Gasteiger partial charge is 0.455 e. The molecule has 0 fully saturated rings. The number of hydrogen-bond acceptors (Lipinski definition) is 5. The Bertz CT molecular complexity index is 3570. The van der Waals surface area contributed by atoms with Crippen LogP contribution in [0.25, 0.3) is 120 Å². The second-order valence-corrected chi connectivity index (χ2v) is 15.8. The van der Waals surface area contributed by atoms with Crippen molar-refractivity contribution in [3.8, 4) is 56.4 Å². The summed E-state index contributed by atoms with van der Waals surface area (Å²) in [7, 11) is 0. The summed E-state index contributed by atoms with van der Waals surface area (Å²) in [6, 6.07) is 66.2. The fourth-order valence-corrected chi connectivity index (χ4v) is 9.66. The molecule has 0 saturated carbocycles.